The summed E-state index contributed by atoms with van der Waals surface area (Å²) in [6.07, 6.45) is 3.85. The average Bonchev–Trinajstić information content (AvgIpc) is 2.09. The van der Waals surface area contributed by atoms with Crippen molar-refractivity contribution in [2.45, 2.75) is 24.9 Å². The first-order valence-electron chi connectivity index (χ1n) is 4.84. The molecule has 0 unspecified atom stereocenters. The van der Waals surface area contributed by atoms with E-state index in [-0.39, 0.29) is 5.56 Å². The number of hydrogen-bond acceptors (Lipinski definition) is 3. The Morgan fingerprint density at radius 1 is 1.50 bits per heavy atom. The standard InChI is InChI=1S/C10H15N3O/c1-13-6-8(2-3-10(13)14)12-9-4-7(11)5-9/h2-3,6-7,9,12H,4-5,11H2,1H3. The van der Waals surface area contributed by atoms with Crippen LogP contribution in [-0.2, 0) is 7.05 Å². The normalized spacial score (nSPS) is 25.6. The summed E-state index contributed by atoms with van der Waals surface area (Å²) in [4.78, 5) is 11.1. The molecular weight excluding hydrogens is 178 g/mol. The molecule has 14 heavy (non-hydrogen) atoms. The zero-order valence-electron chi connectivity index (χ0n) is 8.23. The molecule has 2 rings (SSSR count). The van der Waals surface area contributed by atoms with Crippen LogP contribution in [-0.4, -0.2) is 16.7 Å². The van der Waals surface area contributed by atoms with Crippen LogP contribution in [0.25, 0.3) is 0 Å². The van der Waals surface area contributed by atoms with Crippen molar-refractivity contribution >= 4 is 5.69 Å². The molecule has 76 valence electrons. The molecule has 1 fully saturated rings. The molecule has 0 aliphatic heterocycles. The van der Waals surface area contributed by atoms with E-state index in [2.05, 4.69) is 5.32 Å². The smallest absolute Gasteiger partial charge is 0.250 e. The van der Waals surface area contributed by atoms with Gasteiger partial charge in [0, 0.05) is 31.4 Å². The number of anilines is 1. The summed E-state index contributed by atoms with van der Waals surface area (Å²) < 4.78 is 1.57. The van der Waals surface area contributed by atoms with E-state index in [9.17, 15) is 4.79 Å². The van der Waals surface area contributed by atoms with Gasteiger partial charge < -0.3 is 15.6 Å². The molecule has 0 radical (unpaired) electrons. The third kappa shape index (κ3) is 1.80. The molecule has 1 aliphatic rings. The van der Waals surface area contributed by atoms with Gasteiger partial charge in [-0.05, 0) is 18.9 Å². The van der Waals surface area contributed by atoms with Crippen molar-refractivity contribution in [3.8, 4) is 0 Å². The summed E-state index contributed by atoms with van der Waals surface area (Å²) in [6, 6.07) is 4.20. The van der Waals surface area contributed by atoms with Gasteiger partial charge in [0.15, 0.2) is 0 Å². The van der Waals surface area contributed by atoms with Gasteiger partial charge >= 0.3 is 0 Å². The number of hydrogen-bond donors (Lipinski definition) is 2. The largest absolute Gasteiger partial charge is 0.381 e. The fourth-order valence-electron chi connectivity index (χ4n) is 1.69. The Bertz CT molecular complexity index is 379. The van der Waals surface area contributed by atoms with E-state index in [0.717, 1.165) is 18.5 Å². The zero-order valence-corrected chi connectivity index (χ0v) is 8.23. The Kier molecular flexibility index (Phi) is 2.29. The van der Waals surface area contributed by atoms with Crippen LogP contribution < -0.4 is 16.6 Å². The number of rotatable bonds is 2. The van der Waals surface area contributed by atoms with E-state index in [1.807, 2.05) is 12.3 Å². The van der Waals surface area contributed by atoms with E-state index >= 15 is 0 Å². The second-order valence-electron chi connectivity index (χ2n) is 3.94. The molecule has 1 aromatic rings. The second kappa shape index (κ2) is 3.46. The van der Waals surface area contributed by atoms with Crippen molar-refractivity contribution in [3.63, 3.8) is 0 Å². The minimum atomic E-state index is 0.0147. The molecule has 1 aromatic heterocycles. The molecule has 1 saturated carbocycles. The molecule has 0 saturated heterocycles. The topological polar surface area (TPSA) is 60.1 Å². The van der Waals surface area contributed by atoms with Gasteiger partial charge in [-0.3, -0.25) is 4.79 Å². The number of nitrogens with two attached hydrogens (primary N) is 1. The molecule has 1 heterocycles. The van der Waals surface area contributed by atoms with E-state index in [1.54, 1.807) is 17.7 Å². The maximum Gasteiger partial charge on any atom is 0.250 e. The van der Waals surface area contributed by atoms with Gasteiger partial charge in [0.2, 0.25) is 5.56 Å². The minimum absolute atomic E-state index is 0.0147. The molecule has 1 aliphatic carbocycles. The summed E-state index contributed by atoms with van der Waals surface area (Å²) in [7, 11) is 1.75. The average molecular weight is 193 g/mol. The highest BCUT2D eigenvalue weighted by Crippen LogP contribution is 2.21. The van der Waals surface area contributed by atoms with Gasteiger partial charge in [0.1, 0.15) is 0 Å². The van der Waals surface area contributed by atoms with E-state index in [4.69, 9.17) is 5.73 Å². The molecule has 0 aromatic carbocycles. The number of nitrogens with one attached hydrogen (secondary N) is 1. The highest BCUT2D eigenvalue weighted by molar-refractivity contribution is 5.41. The van der Waals surface area contributed by atoms with Crippen LogP contribution in [0, 0.1) is 0 Å². The first kappa shape index (κ1) is 9.27. The van der Waals surface area contributed by atoms with Gasteiger partial charge in [-0.1, -0.05) is 0 Å². The fraction of sp³-hybridized carbons (Fsp3) is 0.500. The lowest BCUT2D eigenvalue weighted by Crippen LogP contribution is -2.44. The monoisotopic (exact) mass is 193 g/mol. The Labute approximate surface area is 82.7 Å². The predicted molar refractivity (Wildman–Crippen MR) is 56.3 cm³/mol. The number of aromatic nitrogens is 1. The first-order chi connectivity index (χ1) is 6.65. The maximum absolute atomic E-state index is 11.1. The fourth-order valence-corrected chi connectivity index (χ4v) is 1.69. The highest BCUT2D eigenvalue weighted by Gasteiger charge is 2.25. The molecule has 4 heteroatoms. The minimum Gasteiger partial charge on any atom is -0.381 e. The van der Waals surface area contributed by atoms with Crippen molar-refractivity contribution in [1.29, 1.82) is 0 Å². The number of pyridine rings is 1. The van der Waals surface area contributed by atoms with E-state index in [1.165, 1.54) is 0 Å². The van der Waals surface area contributed by atoms with Crippen molar-refractivity contribution in [2.75, 3.05) is 5.32 Å². The first-order valence-corrected chi connectivity index (χ1v) is 4.84. The molecule has 0 atom stereocenters. The van der Waals surface area contributed by atoms with Crippen molar-refractivity contribution in [1.82, 2.24) is 4.57 Å². The van der Waals surface area contributed by atoms with Crippen LogP contribution in [0.5, 0.6) is 0 Å². The number of aryl methyl sites for hydroxylation is 1. The van der Waals surface area contributed by atoms with Crippen LogP contribution in [0.1, 0.15) is 12.8 Å². The van der Waals surface area contributed by atoms with Crippen LogP contribution >= 0.6 is 0 Å². The van der Waals surface area contributed by atoms with Crippen molar-refractivity contribution in [3.05, 3.63) is 28.7 Å². The summed E-state index contributed by atoms with van der Waals surface area (Å²) in [5.41, 5.74) is 6.69. The van der Waals surface area contributed by atoms with Crippen molar-refractivity contribution < 1.29 is 0 Å². The van der Waals surface area contributed by atoms with Crippen LogP contribution in [0.3, 0.4) is 0 Å². The molecule has 0 amide bonds. The van der Waals surface area contributed by atoms with E-state index in [0.29, 0.717) is 12.1 Å². The van der Waals surface area contributed by atoms with E-state index < -0.39 is 0 Å². The predicted octanol–water partition coefficient (Wildman–Crippen LogP) is 0.287. The molecule has 4 nitrogen and oxygen atoms in total. The summed E-state index contributed by atoms with van der Waals surface area (Å²) in [5.74, 6) is 0. The summed E-state index contributed by atoms with van der Waals surface area (Å²) in [6.45, 7) is 0. The SMILES string of the molecule is Cn1cc(NC2CC(N)C2)ccc1=O. The molecule has 3 N–H and O–H groups in total. The number of nitrogens with zero attached hydrogens (tertiary/aromatic N) is 1. The lowest BCUT2D eigenvalue weighted by Gasteiger charge is -2.33. The van der Waals surface area contributed by atoms with Gasteiger partial charge in [0.25, 0.3) is 0 Å². The highest BCUT2D eigenvalue weighted by atomic mass is 16.1. The quantitative estimate of drug-likeness (QED) is 0.709. The lowest BCUT2D eigenvalue weighted by atomic mass is 9.87. The lowest BCUT2D eigenvalue weighted by molar-refractivity contribution is 0.373. The van der Waals surface area contributed by atoms with Crippen LogP contribution in [0.4, 0.5) is 5.69 Å². The Morgan fingerprint density at radius 2 is 2.21 bits per heavy atom. The van der Waals surface area contributed by atoms with Gasteiger partial charge in [-0.2, -0.15) is 0 Å². The maximum atomic E-state index is 11.1. The van der Waals surface area contributed by atoms with Gasteiger partial charge in [-0.15, -0.1) is 0 Å². The molecular formula is C10H15N3O. The van der Waals surface area contributed by atoms with Crippen LogP contribution in [0.15, 0.2) is 23.1 Å². The van der Waals surface area contributed by atoms with Crippen LogP contribution in [0.2, 0.25) is 0 Å². The van der Waals surface area contributed by atoms with Gasteiger partial charge in [0.05, 0.1) is 5.69 Å². The Morgan fingerprint density at radius 3 is 2.79 bits per heavy atom. The summed E-state index contributed by atoms with van der Waals surface area (Å²) >= 11 is 0. The zero-order chi connectivity index (χ0) is 10.1. The third-order valence-electron chi connectivity index (χ3n) is 2.63. The summed E-state index contributed by atoms with van der Waals surface area (Å²) in [5, 5.41) is 3.34. The van der Waals surface area contributed by atoms with Crippen molar-refractivity contribution in [2.24, 2.45) is 12.8 Å². The molecule has 0 bridgehead atoms. The Hall–Kier alpha value is -1.29. The van der Waals surface area contributed by atoms with Gasteiger partial charge in [-0.25, -0.2) is 0 Å². The second-order valence-corrected chi connectivity index (χ2v) is 3.94. The molecule has 0 spiro atoms. The Balaban J connectivity index is 2.03. The third-order valence-corrected chi connectivity index (χ3v) is 2.63.